The molecular weight excluding hydrogens is 601 g/mol. The fourth-order valence-corrected chi connectivity index (χ4v) is 12.7. The zero-order valence-electron chi connectivity index (χ0n) is 26.7. The number of para-hydroxylation sites is 1. The monoisotopic (exact) mass is 634 g/mol. The summed E-state index contributed by atoms with van der Waals surface area (Å²) in [5.74, 6) is 3.45. The molecule has 8 aromatic rings. The minimum Gasteiger partial charge on any atom is -0.456 e. The molecule has 0 saturated heterocycles. The molecule has 6 aromatic carbocycles. The fourth-order valence-electron chi connectivity index (χ4n) is 11.6. The van der Waals surface area contributed by atoms with Crippen molar-refractivity contribution in [3.8, 4) is 33.4 Å². The van der Waals surface area contributed by atoms with Gasteiger partial charge in [-0.05, 0) is 137 Å². The van der Waals surface area contributed by atoms with E-state index in [9.17, 15) is 0 Å². The van der Waals surface area contributed by atoms with Crippen LogP contribution >= 0.6 is 11.3 Å². The van der Waals surface area contributed by atoms with Gasteiger partial charge in [0, 0.05) is 36.4 Å². The van der Waals surface area contributed by atoms with Crippen LogP contribution in [0.5, 0.6) is 0 Å². The first-order valence-corrected chi connectivity index (χ1v) is 18.7. The van der Waals surface area contributed by atoms with E-state index in [4.69, 9.17) is 4.42 Å². The molecule has 48 heavy (non-hydrogen) atoms. The third-order valence-electron chi connectivity index (χ3n) is 13.1. The minimum atomic E-state index is 0.190. The molecule has 2 heterocycles. The molecule has 230 valence electrons. The summed E-state index contributed by atoms with van der Waals surface area (Å²) in [6.07, 6.45) is 7.14. The average molecular weight is 635 g/mol. The first kappa shape index (κ1) is 26.3. The summed E-state index contributed by atoms with van der Waals surface area (Å²) >= 11 is 1.91. The van der Waals surface area contributed by atoms with E-state index >= 15 is 0 Å². The molecule has 0 unspecified atom stereocenters. The van der Waals surface area contributed by atoms with Crippen molar-refractivity contribution >= 4 is 53.4 Å². The summed E-state index contributed by atoms with van der Waals surface area (Å²) in [5.41, 5.74) is 13.5. The van der Waals surface area contributed by atoms with E-state index in [1.54, 1.807) is 11.1 Å². The lowest BCUT2D eigenvalue weighted by atomic mass is 9.43. The van der Waals surface area contributed by atoms with Crippen LogP contribution in [0.2, 0.25) is 0 Å². The Morgan fingerprint density at radius 2 is 1.21 bits per heavy atom. The molecule has 0 atom stereocenters. The van der Waals surface area contributed by atoms with Crippen LogP contribution < -0.4 is 0 Å². The largest absolute Gasteiger partial charge is 0.456 e. The highest BCUT2D eigenvalue weighted by Gasteiger charge is 2.61. The van der Waals surface area contributed by atoms with E-state index in [-0.39, 0.29) is 5.41 Å². The minimum absolute atomic E-state index is 0.190. The molecule has 5 aliphatic rings. The second-order valence-corrected chi connectivity index (χ2v) is 16.3. The van der Waals surface area contributed by atoms with Crippen molar-refractivity contribution in [1.82, 2.24) is 0 Å². The molecule has 4 saturated carbocycles. The van der Waals surface area contributed by atoms with Crippen molar-refractivity contribution in [2.24, 2.45) is 23.7 Å². The van der Waals surface area contributed by atoms with E-state index in [0.717, 1.165) is 34.8 Å². The molecule has 4 bridgehead atoms. The van der Waals surface area contributed by atoms with Gasteiger partial charge < -0.3 is 4.42 Å². The first-order chi connectivity index (χ1) is 23.7. The van der Waals surface area contributed by atoms with Gasteiger partial charge in [0.1, 0.15) is 11.2 Å². The summed E-state index contributed by atoms with van der Waals surface area (Å²) in [4.78, 5) is 0. The summed E-state index contributed by atoms with van der Waals surface area (Å²) in [6.45, 7) is 0. The van der Waals surface area contributed by atoms with Gasteiger partial charge in [0.25, 0.3) is 0 Å². The summed E-state index contributed by atoms with van der Waals surface area (Å²) < 4.78 is 8.95. The Kier molecular flexibility index (Phi) is 5.08. The second kappa shape index (κ2) is 9.27. The number of hydrogen-bond donors (Lipinski definition) is 0. The van der Waals surface area contributed by atoms with Crippen molar-refractivity contribution in [3.05, 3.63) is 132 Å². The van der Waals surface area contributed by atoms with Gasteiger partial charge in [-0.3, -0.25) is 0 Å². The standard InChI is InChI=1S/C46H34OS/c1-4-10-38-33(7-1)36-25-29(13-16-39(36)46(38)30-20-26-19-27(22-30)23-31(46)21-26)44-32(15-18-43-45(44)35-9-3-6-12-42(35)48-43)28-14-17-41-37(24-28)34-8-2-5-11-40(34)47-41/h1-18,24-27,30-31H,19-23H2. The van der Waals surface area contributed by atoms with E-state index < -0.39 is 0 Å². The molecule has 5 aliphatic carbocycles. The van der Waals surface area contributed by atoms with Gasteiger partial charge in [0.15, 0.2) is 0 Å². The molecule has 0 N–H and O–H groups in total. The number of hydrogen-bond acceptors (Lipinski definition) is 2. The Hall–Kier alpha value is -4.66. The summed E-state index contributed by atoms with van der Waals surface area (Å²) in [7, 11) is 0. The zero-order chi connectivity index (χ0) is 31.1. The predicted molar refractivity (Wildman–Crippen MR) is 201 cm³/mol. The maximum atomic E-state index is 6.25. The van der Waals surface area contributed by atoms with Gasteiger partial charge in [0.05, 0.1) is 0 Å². The Morgan fingerprint density at radius 1 is 0.500 bits per heavy atom. The Morgan fingerprint density at radius 3 is 2.08 bits per heavy atom. The molecule has 0 amide bonds. The fraction of sp³-hybridized carbons (Fsp3) is 0.217. The third-order valence-corrected chi connectivity index (χ3v) is 14.2. The van der Waals surface area contributed by atoms with Crippen LogP contribution in [-0.2, 0) is 5.41 Å². The van der Waals surface area contributed by atoms with Crippen molar-refractivity contribution < 1.29 is 4.42 Å². The molecular formula is C46H34OS. The number of benzene rings is 6. The highest BCUT2D eigenvalue weighted by atomic mass is 32.1. The Balaban J connectivity index is 1.13. The maximum Gasteiger partial charge on any atom is 0.135 e. The number of rotatable bonds is 2. The van der Waals surface area contributed by atoms with Crippen LogP contribution in [-0.4, -0.2) is 0 Å². The van der Waals surface area contributed by atoms with Gasteiger partial charge in [-0.2, -0.15) is 0 Å². The summed E-state index contributed by atoms with van der Waals surface area (Å²) in [6, 6.07) is 46.1. The lowest BCUT2D eigenvalue weighted by Crippen LogP contribution is -2.55. The third kappa shape index (κ3) is 3.27. The normalized spacial score (nSPS) is 25.2. The summed E-state index contributed by atoms with van der Waals surface area (Å²) in [5, 5.41) is 5.08. The van der Waals surface area contributed by atoms with E-state index in [0.29, 0.717) is 0 Å². The average Bonchev–Trinajstić information content (AvgIpc) is 3.78. The van der Waals surface area contributed by atoms with Crippen LogP contribution in [0.3, 0.4) is 0 Å². The molecule has 1 spiro atoms. The quantitative estimate of drug-likeness (QED) is 0.184. The van der Waals surface area contributed by atoms with E-state index in [1.165, 1.54) is 96.4 Å². The molecule has 1 nitrogen and oxygen atoms in total. The predicted octanol–water partition coefficient (Wildman–Crippen LogP) is 13.0. The molecule has 2 aromatic heterocycles. The van der Waals surface area contributed by atoms with Crippen LogP contribution in [0.4, 0.5) is 0 Å². The highest BCUT2D eigenvalue weighted by Crippen LogP contribution is 2.69. The van der Waals surface area contributed by atoms with Crippen molar-refractivity contribution in [1.29, 1.82) is 0 Å². The van der Waals surface area contributed by atoms with Gasteiger partial charge in [0.2, 0.25) is 0 Å². The Labute approximate surface area is 283 Å². The number of fused-ring (bicyclic) bond motifs is 9. The SMILES string of the molecule is c1ccc2c(c1)-c1cc(-c3c(-c4ccc5oc6ccccc6c5c4)ccc4sc5ccccc5c34)ccc1C21C2CC3CC(C2)CC1C3. The maximum absolute atomic E-state index is 6.25. The van der Waals surface area contributed by atoms with Crippen molar-refractivity contribution in [2.45, 2.75) is 37.5 Å². The van der Waals surface area contributed by atoms with Crippen LogP contribution in [0.15, 0.2) is 126 Å². The molecule has 0 aliphatic heterocycles. The van der Waals surface area contributed by atoms with E-state index in [1.807, 2.05) is 11.3 Å². The molecule has 2 heteroatoms. The molecule has 4 fully saturated rings. The van der Waals surface area contributed by atoms with Crippen LogP contribution in [0.25, 0.3) is 75.5 Å². The van der Waals surface area contributed by atoms with E-state index in [2.05, 4.69) is 121 Å². The topological polar surface area (TPSA) is 13.1 Å². The molecule has 13 rings (SSSR count). The van der Waals surface area contributed by atoms with Gasteiger partial charge in [-0.1, -0.05) is 84.9 Å². The lowest BCUT2D eigenvalue weighted by Gasteiger charge is -2.61. The van der Waals surface area contributed by atoms with Crippen LogP contribution in [0, 0.1) is 23.7 Å². The van der Waals surface area contributed by atoms with Gasteiger partial charge in [-0.25, -0.2) is 0 Å². The van der Waals surface area contributed by atoms with Crippen LogP contribution in [0.1, 0.15) is 43.2 Å². The molecule has 0 radical (unpaired) electrons. The van der Waals surface area contributed by atoms with Crippen molar-refractivity contribution in [2.75, 3.05) is 0 Å². The number of thiophene rings is 1. The lowest BCUT2D eigenvalue weighted by molar-refractivity contribution is -0.0399. The Bertz CT molecular complexity index is 2620. The zero-order valence-corrected chi connectivity index (χ0v) is 27.5. The highest BCUT2D eigenvalue weighted by molar-refractivity contribution is 7.26. The smallest absolute Gasteiger partial charge is 0.135 e. The van der Waals surface area contributed by atoms with Crippen molar-refractivity contribution in [3.63, 3.8) is 0 Å². The second-order valence-electron chi connectivity index (χ2n) is 15.2. The van der Waals surface area contributed by atoms with Gasteiger partial charge in [-0.15, -0.1) is 11.3 Å². The number of furan rings is 1. The van der Waals surface area contributed by atoms with Gasteiger partial charge >= 0.3 is 0 Å². The first-order valence-electron chi connectivity index (χ1n) is 17.8.